The van der Waals surface area contributed by atoms with E-state index in [0.717, 1.165) is 12.8 Å². The Morgan fingerprint density at radius 3 is 2.94 bits per heavy atom. The molecule has 1 saturated heterocycles. The van der Waals surface area contributed by atoms with Gasteiger partial charge in [-0.2, -0.15) is 0 Å². The van der Waals surface area contributed by atoms with Crippen LogP contribution < -0.4 is 0 Å². The Labute approximate surface area is 109 Å². The van der Waals surface area contributed by atoms with Crippen molar-refractivity contribution in [3.05, 3.63) is 10.2 Å². The van der Waals surface area contributed by atoms with Gasteiger partial charge in [-0.15, -0.1) is 0 Å². The lowest BCUT2D eigenvalue weighted by Crippen LogP contribution is -2.34. The molecule has 1 N–H and O–H groups in total. The smallest absolute Gasteiger partial charge is 0.308 e. The SMILES string of the molecule is COC(=O)C[C@@H]1CC(CO)C[C@@H](/C=C/I)O1. The molecule has 16 heavy (non-hydrogen) atoms. The summed E-state index contributed by atoms with van der Waals surface area (Å²) >= 11 is 2.13. The third-order valence-electron chi connectivity index (χ3n) is 2.70. The first-order valence-corrected chi connectivity index (χ1v) is 6.54. The Hall–Kier alpha value is -0.140. The minimum absolute atomic E-state index is 0.00236. The van der Waals surface area contributed by atoms with Gasteiger partial charge in [0.2, 0.25) is 0 Å². The number of aliphatic hydroxyl groups excluding tert-OH is 1. The summed E-state index contributed by atoms with van der Waals surface area (Å²) in [7, 11) is 1.37. The maximum atomic E-state index is 11.2. The molecule has 0 aromatic carbocycles. The van der Waals surface area contributed by atoms with Crippen LogP contribution in [-0.2, 0) is 14.3 Å². The van der Waals surface area contributed by atoms with E-state index in [0.29, 0.717) is 0 Å². The van der Waals surface area contributed by atoms with E-state index in [9.17, 15) is 9.90 Å². The number of halogens is 1. The van der Waals surface area contributed by atoms with Gasteiger partial charge in [0.15, 0.2) is 0 Å². The van der Waals surface area contributed by atoms with Crippen molar-refractivity contribution in [2.45, 2.75) is 31.5 Å². The largest absolute Gasteiger partial charge is 0.469 e. The van der Waals surface area contributed by atoms with Crippen LogP contribution in [0.1, 0.15) is 19.3 Å². The van der Waals surface area contributed by atoms with Gasteiger partial charge in [0.25, 0.3) is 0 Å². The maximum Gasteiger partial charge on any atom is 0.308 e. The van der Waals surface area contributed by atoms with Gasteiger partial charge in [-0.05, 0) is 28.9 Å². The third-order valence-corrected chi connectivity index (χ3v) is 3.11. The van der Waals surface area contributed by atoms with Crippen LogP contribution in [0.25, 0.3) is 0 Å². The number of hydrogen-bond acceptors (Lipinski definition) is 4. The van der Waals surface area contributed by atoms with Crippen LogP contribution in [0.15, 0.2) is 10.2 Å². The molecule has 0 radical (unpaired) electrons. The molecule has 1 aliphatic heterocycles. The van der Waals surface area contributed by atoms with Crippen molar-refractivity contribution in [3.63, 3.8) is 0 Å². The Balaban J connectivity index is 2.53. The first-order valence-electron chi connectivity index (χ1n) is 5.29. The second-order valence-electron chi connectivity index (χ2n) is 3.92. The van der Waals surface area contributed by atoms with E-state index in [4.69, 9.17) is 4.74 Å². The molecule has 5 heteroatoms. The summed E-state index contributed by atoms with van der Waals surface area (Å²) in [4.78, 5) is 11.2. The van der Waals surface area contributed by atoms with E-state index in [2.05, 4.69) is 27.3 Å². The van der Waals surface area contributed by atoms with Crippen molar-refractivity contribution >= 4 is 28.6 Å². The molecule has 0 amide bonds. The van der Waals surface area contributed by atoms with Crippen LogP contribution in [0.5, 0.6) is 0 Å². The molecule has 1 heterocycles. The highest BCUT2D eigenvalue weighted by Crippen LogP contribution is 2.27. The van der Waals surface area contributed by atoms with E-state index in [1.807, 2.05) is 10.2 Å². The van der Waals surface area contributed by atoms with E-state index in [1.165, 1.54) is 7.11 Å². The van der Waals surface area contributed by atoms with Crippen LogP contribution in [0, 0.1) is 5.92 Å². The quantitative estimate of drug-likeness (QED) is 0.625. The van der Waals surface area contributed by atoms with Crippen molar-refractivity contribution in [2.24, 2.45) is 5.92 Å². The Bertz CT molecular complexity index is 254. The van der Waals surface area contributed by atoms with Crippen LogP contribution in [0.3, 0.4) is 0 Å². The van der Waals surface area contributed by atoms with Crippen LogP contribution >= 0.6 is 22.6 Å². The van der Waals surface area contributed by atoms with Gasteiger partial charge in [-0.25, -0.2) is 0 Å². The number of carbonyl (C=O) groups excluding carboxylic acids is 1. The summed E-state index contributed by atoms with van der Waals surface area (Å²) in [5.74, 6) is -0.0539. The number of methoxy groups -OCH3 is 1. The number of esters is 1. The van der Waals surface area contributed by atoms with Crippen LogP contribution in [-0.4, -0.2) is 37.0 Å². The fourth-order valence-corrected chi connectivity index (χ4v) is 2.37. The van der Waals surface area contributed by atoms with Gasteiger partial charge < -0.3 is 14.6 Å². The molecule has 0 aromatic heterocycles. The molecular formula is C11H17IO4. The molecule has 0 saturated carbocycles. The van der Waals surface area contributed by atoms with Gasteiger partial charge in [-0.1, -0.05) is 22.6 Å². The minimum atomic E-state index is -0.263. The highest BCUT2D eigenvalue weighted by Gasteiger charge is 2.29. The molecule has 1 unspecified atom stereocenters. The number of aliphatic hydroxyl groups is 1. The van der Waals surface area contributed by atoms with Crippen LogP contribution in [0.2, 0.25) is 0 Å². The summed E-state index contributed by atoms with van der Waals surface area (Å²) in [6.45, 7) is 0.145. The average molecular weight is 340 g/mol. The third kappa shape index (κ3) is 4.39. The van der Waals surface area contributed by atoms with Gasteiger partial charge >= 0.3 is 5.97 Å². The van der Waals surface area contributed by atoms with Gasteiger partial charge in [0.05, 0.1) is 25.7 Å². The Morgan fingerprint density at radius 2 is 2.38 bits per heavy atom. The number of hydrogen-bond donors (Lipinski definition) is 1. The fourth-order valence-electron chi connectivity index (χ4n) is 1.91. The molecule has 4 nitrogen and oxygen atoms in total. The van der Waals surface area contributed by atoms with E-state index < -0.39 is 0 Å². The second kappa shape index (κ2) is 7.24. The zero-order chi connectivity index (χ0) is 12.0. The molecule has 1 aliphatic rings. The molecule has 0 bridgehead atoms. The van der Waals surface area contributed by atoms with Crippen molar-refractivity contribution in [1.82, 2.24) is 0 Å². The Morgan fingerprint density at radius 1 is 1.62 bits per heavy atom. The van der Waals surface area contributed by atoms with Crippen molar-refractivity contribution in [2.75, 3.05) is 13.7 Å². The number of carbonyl (C=O) groups is 1. The molecular weight excluding hydrogens is 323 g/mol. The summed E-state index contributed by atoms with van der Waals surface area (Å²) in [5, 5.41) is 9.19. The monoisotopic (exact) mass is 340 g/mol. The lowest BCUT2D eigenvalue weighted by molar-refractivity contribution is -0.147. The zero-order valence-electron chi connectivity index (χ0n) is 9.27. The highest BCUT2D eigenvalue weighted by molar-refractivity contribution is 14.1. The second-order valence-corrected chi connectivity index (χ2v) is 4.63. The fraction of sp³-hybridized carbons (Fsp3) is 0.727. The number of rotatable bonds is 4. The summed E-state index contributed by atoms with van der Waals surface area (Å²) in [6, 6.07) is 0. The van der Waals surface area contributed by atoms with Gasteiger partial charge in [0, 0.05) is 6.61 Å². The van der Waals surface area contributed by atoms with Gasteiger partial charge in [-0.3, -0.25) is 4.79 Å². The zero-order valence-corrected chi connectivity index (χ0v) is 11.4. The maximum absolute atomic E-state index is 11.2. The summed E-state index contributed by atoms with van der Waals surface area (Å²) < 4.78 is 12.2. The number of ether oxygens (including phenoxy) is 2. The molecule has 0 aromatic rings. The predicted molar refractivity (Wildman–Crippen MR) is 68.3 cm³/mol. The molecule has 3 atom stereocenters. The summed E-state index contributed by atoms with van der Waals surface area (Å²) in [6.07, 6.45) is 3.60. The predicted octanol–water partition coefficient (Wildman–Crippen LogP) is 1.65. The van der Waals surface area contributed by atoms with Crippen LogP contribution in [0.4, 0.5) is 0 Å². The molecule has 1 rings (SSSR count). The lowest BCUT2D eigenvalue weighted by atomic mass is 9.91. The molecule has 0 aliphatic carbocycles. The van der Waals surface area contributed by atoms with Crippen molar-refractivity contribution in [3.8, 4) is 0 Å². The highest BCUT2D eigenvalue weighted by atomic mass is 127. The molecule has 0 spiro atoms. The van der Waals surface area contributed by atoms with Crippen molar-refractivity contribution in [1.29, 1.82) is 0 Å². The standard InChI is InChI=1S/C11H17IO4/c1-15-11(14)6-10-5-8(7-13)4-9(16-10)2-3-12/h2-3,8-10,13H,4-7H2,1H3/b3-2+/t8?,9-,10+/m1/s1. The topological polar surface area (TPSA) is 55.8 Å². The minimum Gasteiger partial charge on any atom is -0.469 e. The van der Waals surface area contributed by atoms with Crippen molar-refractivity contribution < 1.29 is 19.4 Å². The van der Waals surface area contributed by atoms with E-state index in [-0.39, 0.29) is 37.1 Å². The first kappa shape index (κ1) is 13.9. The van der Waals surface area contributed by atoms with E-state index in [1.54, 1.807) is 0 Å². The molecule has 1 fully saturated rings. The lowest BCUT2D eigenvalue weighted by Gasteiger charge is -2.32. The van der Waals surface area contributed by atoms with Gasteiger partial charge in [0.1, 0.15) is 0 Å². The molecule has 92 valence electrons. The Kier molecular flexibility index (Phi) is 6.30. The normalized spacial score (nSPS) is 30.6. The summed E-state index contributed by atoms with van der Waals surface area (Å²) in [5.41, 5.74) is 0. The first-order chi connectivity index (χ1) is 7.69. The van der Waals surface area contributed by atoms with E-state index >= 15 is 0 Å². The average Bonchev–Trinajstić information content (AvgIpc) is 2.29.